The molecular formula is C21H22N2O6S. The molecule has 158 valence electrons. The number of aromatic nitrogens is 1. The van der Waals surface area contributed by atoms with Crippen LogP contribution >= 0.6 is 0 Å². The molecule has 0 fully saturated rings. The lowest BCUT2D eigenvalue weighted by Crippen LogP contribution is -2.32. The number of nitrogens with zero attached hydrogens (tertiary/aromatic N) is 2. The molecule has 0 radical (unpaired) electrons. The molecule has 0 saturated heterocycles. The second kappa shape index (κ2) is 9.95. The first-order chi connectivity index (χ1) is 14.1. The van der Waals surface area contributed by atoms with Crippen LogP contribution < -0.4 is 9.30 Å². The number of nitro benzene ring substituents is 1. The molecule has 8 nitrogen and oxygen atoms in total. The van der Waals surface area contributed by atoms with Gasteiger partial charge < -0.3 is 9.29 Å². The van der Waals surface area contributed by atoms with Gasteiger partial charge in [-0.1, -0.05) is 12.1 Å². The van der Waals surface area contributed by atoms with Gasteiger partial charge in [0.25, 0.3) is 5.69 Å². The fraction of sp³-hybridized carbons (Fsp3) is 0.190. The van der Waals surface area contributed by atoms with Crippen LogP contribution in [0, 0.1) is 10.1 Å². The van der Waals surface area contributed by atoms with Crippen LogP contribution in [0.2, 0.25) is 0 Å². The molecule has 0 saturated carbocycles. The number of aryl methyl sites for hydroxylation is 1. The van der Waals surface area contributed by atoms with E-state index in [1.165, 1.54) is 6.07 Å². The van der Waals surface area contributed by atoms with Gasteiger partial charge in [-0.3, -0.25) is 10.1 Å². The monoisotopic (exact) mass is 430 g/mol. The van der Waals surface area contributed by atoms with Gasteiger partial charge in [0.05, 0.1) is 27.0 Å². The van der Waals surface area contributed by atoms with Crippen LogP contribution in [-0.2, 0) is 17.2 Å². The number of benzene rings is 2. The molecule has 0 aliphatic rings. The van der Waals surface area contributed by atoms with Gasteiger partial charge in [0.15, 0.2) is 0 Å². The molecule has 3 rings (SSSR count). The standard InChI is InChI=1S/C20H19N2O3.CH4O3S/c1-3-25-19-11-12-20-16(14-19)8-10-17(21(20)2)9-7-15-5-4-6-18(13-15)22(23)24;1-5(2,3)4/h4-14H,3H2,1-2H3;1H3,(H,2,3,4)/q+1;/p-1. The fourth-order valence-corrected chi connectivity index (χ4v) is 2.75. The van der Waals surface area contributed by atoms with E-state index in [2.05, 4.69) is 4.57 Å². The Labute approximate surface area is 175 Å². The van der Waals surface area contributed by atoms with E-state index in [0.717, 1.165) is 27.9 Å². The summed E-state index contributed by atoms with van der Waals surface area (Å²) in [6.07, 6.45) is 4.44. The van der Waals surface area contributed by atoms with E-state index in [4.69, 9.17) is 17.7 Å². The molecule has 30 heavy (non-hydrogen) atoms. The number of rotatable bonds is 5. The van der Waals surface area contributed by atoms with Crippen molar-refractivity contribution in [3.8, 4) is 5.75 Å². The van der Waals surface area contributed by atoms with Crippen LogP contribution in [0.5, 0.6) is 5.75 Å². The van der Waals surface area contributed by atoms with Gasteiger partial charge in [-0.25, -0.2) is 8.42 Å². The van der Waals surface area contributed by atoms with Crippen molar-refractivity contribution in [2.45, 2.75) is 6.92 Å². The maximum Gasteiger partial charge on any atom is 0.270 e. The van der Waals surface area contributed by atoms with Gasteiger partial charge in [0, 0.05) is 36.6 Å². The van der Waals surface area contributed by atoms with Crippen LogP contribution in [-0.4, -0.2) is 30.8 Å². The number of pyridine rings is 1. The van der Waals surface area contributed by atoms with Gasteiger partial charge in [-0.2, -0.15) is 4.57 Å². The van der Waals surface area contributed by atoms with Gasteiger partial charge in [-0.05, 0) is 36.8 Å². The number of nitro groups is 1. The number of hydrogen-bond donors (Lipinski definition) is 0. The van der Waals surface area contributed by atoms with Crippen molar-refractivity contribution in [1.29, 1.82) is 0 Å². The van der Waals surface area contributed by atoms with E-state index in [0.29, 0.717) is 12.9 Å². The average Bonchev–Trinajstić information content (AvgIpc) is 2.67. The van der Waals surface area contributed by atoms with E-state index in [1.807, 2.05) is 62.5 Å². The normalized spacial score (nSPS) is 11.2. The smallest absolute Gasteiger partial charge is 0.270 e. The molecule has 0 amide bonds. The number of fused-ring (bicyclic) bond motifs is 1. The summed E-state index contributed by atoms with van der Waals surface area (Å²) in [6, 6.07) is 16.7. The maximum atomic E-state index is 10.9. The Morgan fingerprint density at radius 3 is 2.43 bits per heavy atom. The van der Waals surface area contributed by atoms with Crippen molar-refractivity contribution < 1.29 is 27.2 Å². The Hall–Kier alpha value is -3.30. The summed E-state index contributed by atoms with van der Waals surface area (Å²) >= 11 is 0. The Morgan fingerprint density at radius 2 is 1.80 bits per heavy atom. The summed E-state index contributed by atoms with van der Waals surface area (Å²) in [5, 5.41) is 12.0. The maximum absolute atomic E-state index is 10.9. The lowest BCUT2D eigenvalue weighted by atomic mass is 10.1. The minimum atomic E-state index is -3.92. The summed E-state index contributed by atoms with van der Waals surface area (Å²) in [5.41, 5.74) is 2.97. The molecule has 0 unspecified atom stereocenters. The molecule has 0 bridgehead atoms. The van der Waals surface area contributed by atoms with Crippen LogP contribution in [0.25, 0.3) is 23.1 Å². The molecule has 0 aliphatic heterocycles. The number of non-ortho nitro benzene ring substituents is 1. The predicted molar refractivity (Wildman–Crippen MR) is 114 cm³/mol. The first-order valence-corrected chi connectivity index (χ1v) is 10.8. The zero-order valence-electron chi connectivity index (χ0n) is 16.8. The average molecular weight is 430 g/mol. The predicted octanol–water partition coefficient (Wildman–Crippen LogP) is 3.30. The SMILES string of the molecule is CCOc1ccc2c(ccc(C=Cc3cccc([N+](=O)[O-])c3)[n+]2C)c1.CS(=O)(=O)[O-]. The highest BCUT2D eigenvalue weighted by molar-refractivity contribution is 7.84. The van der Waals surface area contributed by atoms with Crippen molar-refractivity contribution >= 4 is 38.9 Å². The van der Waals surface area contributed by atoms with E-state index in [1.54, 1.807) is 12.1 Å². The first-order valence-electron chi connectivity index (χ1n) is 8.97. The molecule has 0 N–H and O–H groups in total. The topological polar surface area (TPSA) is 113 Å². The Morgan fingerprint density at radius 1 is 1.10 bits per heavy atom. The van der Waals surface area contributed by atoms with E-state index >= 15 is 0 Å². The first kappa shape index (κ1) is 23.0. The third-order valence-electron chi connectivity index (χ3n) is 4.02. The minimum absolute atomic E-state index is 0.0912. The molecule has 1 heterocycles. The number of ether oxygens (including phenoxy) is 1. The van der Waals surface area contributed by atoms with E-state index < -0.39 is 10.1 Å². The van der Waals surface area contributed by atoms with Gasteiger partial charge in [-0.15, -0.1) is 0 Å². The van der Waals surface area contributed by atoms with E-state index in [-0.39, 0.29) is 10.6 Å². The van der Waals surface area contributed by atoms with Gasteiger partial charge in [0.1, 0.15) is 12.8 Å². The summed E-state index contributed by atoms with van der Waals surface area (Å²) in [6.45, 7) is 2.60. The quantitative estimate of drug-likeness (QED) is 0.266. The molecule has 0 spiro atoms. The lowest BCUT2D eigenvalue weighted by Gasteiger charge is -2.04. The Balaban J connectivity index is 0.000000575. The van der Waals surface area contributed by atoms with Gasteiger partial charge in [0.2, 0.25) is 11.2 Å². The van der Waals surface area contributed by atoms with Crippen molar-refractivity contribution in [2.75, 3.05) is 12.9 Å². The zero-order chi connectivity index (χ0) is 22.3. The fourth-order valence-electron chi connectivity index (χ4n) is 2.75. The highest BCUT2D eigenvalue weighted by Crippen LogP contribution is 2.20. The second-order valence-corrected chi connectivity index (χ2v) is 7.77. The summed E-state index contributed by atoms with van der Waals surface area (Å²) in [4.78, 5) is 10.5. The molecule has 2 aromatic carbocycles. The molecule has 0 atom stereocenters. The highest BCUT2D eigenvalue weighted by atomic mass is 32.2. The Kier molecular flexibility index (Phi) is 7.62. The van der Waals surface area contributed by atoms with Crippen LogP contribution in [0.15, 0.2) is 54.6 Å². The second-order valence-electron chi connectivity index (χ2n) is 6.36. The lowest BCUT2D eigenvalue weighted by molar-refractivity contribution is -0.646. The third kappa shape index (κ3) is 6.94. The Bertz CT molecular complexity index is 1180. The van der Waals surface area contributed by atoms with Crippen LogP contribution in [0.4, 0.5) is 5.69 Å². The summed E-state index contributed by atoms with van der Waals surface area (Å²) in [7, 11) is -1.92. The molecule has 0 aliphatic carbocycles. The van der Waals surface area contributed by atoms with E-state index in [9.17, 15) is 10.1 Å². The van der Waals surface area contributed by atoms with Crippen molar-refractivity contribution in [1.82, 2.24) is 0 Å². The molecule has 9 heteroatoms. The highest BCUT2D eigenvalue weighted by Gasteiger charge is 2.10. The largest absolute Gasteiger partial charge is 0.748 e. The van der Waals surface area contributed by atoms with Crippen LogP contribution in [0.1, 0.15) is 18.2 Å². The summed E-state index contributed by atoms with van der Waals surface area (Å²) in [5.74, 6) is 0.856. The van der Waals surface area contributed by atoms with Gasteiger partial charge >= 0.3 is 0 Å². The zero-order valence-corrected chi connectivity index (χ0v) is 17.6. The minimum Gasteiger partial charge on any atom is -0.748 e. The summed E-state index contributed by atoms with van der Waals surface area (Å²) < 4.78 is 34.9. The molecule has 1 aromatic heterocycles. The van der Waals surface area contributed by atoms with Crippen LogP contribution in [0.3, 0.4) is 0 Å². The third-order valence-corrected chi connectivity index (χ3v) is 4.02. The number of hydrogen-bond acceptors (Lipinski definition) is 6. The van der Waals surface area contributed by atoms with Crippen molar-refractivity contribution in [2.24, 2.45) is 7.05 Å². The molecular weight excluding hydrogens is 408 g/mol. The van der Waals surface area contributed by atoms with Crippen molar-refractivity contribution in [3.05, 3.63) is 76.0 Å². The van der Waals surface area contributed by atoms with Crippen molar-refractivity contribution in [3.63, 3.8) is 0 Å². The molecule has 3 aromatic rings.